The highest BCUT2D eigenvalue weighted by atomic mass is 16.4. The van der Waals surface area contributed by atoms with E-state index in [0.29, 0.717) is 35.9 Å². The molecule has 0 bridgehead atoms. The monoisotopic (exact) mass is 1190 g/mol. The first kappa shape index (κ1) is 71.4. The van der Waals surface area contributed by atoms with Gasteiger partial charge in [0.2, 0.25) is 59.1 Å². The maximum Gasteiger partial charge on any atom is 0.326 e. The van der Waals surface area contributed by atoms with Crippen LogP contribution >= 0.6 is 0 Å². The summed E-state index contributed by atoms with van der Waals surface area (Å²) in [6.45, 7) is 10.8. The number of carbonyl (C=O) groups is 14. The molecule has 11 atom stereocenters. The molecule has 0 aliphatic heterocycles. The van der Waals surface area contributed by atoms with Crippen molar-refractivity contribution in [3.05, 3.63) is 36.0 Å². The van der Waals surface area contributed by atoms with Crippen LogP contribution in [0.4, 0.5) is 0 Å². The Balaban J connectivity index is 2.37. The molecular formula is C53H81N13O18. The highest BCUT2D eigenvalue weighted by Gasteiger charge is 2.38. The number of hydrogen-bond donors (Lipinski definition) is 17. The Kier molecular flexibility index (Phi) is 29.4. The number of aromatic nitrogens is 1. The standard InChI is InChI=1S/C53H81N13O18/c1-8-26(6)43(66-44(74)27(7)58-50(80)41(24(2)3)65-49(79)35(21-39(70)71)60-45(75)30(55)14-11-12-18-54)52(82)59-32(16-17-37(56)67)46(76)64-42(25(4)5)51(81)62-34(20-38(68)69)48(78)61-33(47(77)63-36(53(83)84)22-40(72)73)19-28-23-57-31-15-10-9-13-29(28)31/h9-10,13,15,23-27,30,32-36,41-43,57H,8,11-12,14,16-22,54-55H2,1-7H3,(H2,56,67)(H,58,80)(H,59,82)(H,60,75)(H,61,78)(H,62,81)(H,63,77)(H,64,76)(H,65,79)(H,66,74)(H,68,69)(H,70,71)(H,72,73)(H,83,84)/t26-,27-,30-,32-,33-,34-,35-,36-,41-,42-,43-/m0/s1. The van der Waals surface area contributed by atoms with Gasteiger partial charge in [-0.25, -0.2) is 4.79 Å². The van der Waals surface area contributed by atoms with Gasteiger partial charge in [-0.05, 0) is 62.1 Å². The molecule has 0 unspecified atom stereocenters. The van der Waals surface area contributed by atoms with Crippen LogP contribution in [0.25, 0.3) is 10.9 Å². The number of nitrogens with two attached hydrogens (primary N) is 3. The number of unbranched alkanes of at least 4 members (excludes halogenated alkanes) is 1. The predicted molar refractivity (Wildman–Crippen MR) is 298 cm³/mol. The molecular weight excluding hydrogens is 1110 g/mol. The van der Waals surface area contributed by atoms with Crippen molar-refractivity contribution in [2.75, 3.05) is 6.54 Å². The highest BCUT2D eigenvalue weighted by molar-refractivity contribution is 6.00. The molecule has 0 spiro atoms. The van der Waals surface area contributed by atoms with Crippen molar-refractivity contribution < 1.29 is 87.5 Å². The van der Waals surface area contributed by atoms with Gasteiger partial charge in [-0.15, -0.1) is 0 Å². The summed E-state index contributed by atoms with van der Waals surface area (Å²) < 4.78 is 0. The lowest BCUT2D eigenvalue weighted by Crippen LogP contribution is -2.62. The van der Waals surface area contributed by atoms with Gasteiger partial charge >= 0.3 is 23.9 Å². The number of nitrogens with one attached hydrogen (secondary N) is 10. The number of benzene rings is 1. The van der Waals surface area contributed by atoms with Crippen LogP contribution in [-0.4, -0.2) is 175 Å². The molecule has 31 nitrogen and oxygen atoms in total. The molecule has 0 saturated carbocycles. The van der Waals surface area contributed by atoms with Gasteiger partial charge in [0.05, 0.1) is 25.3 Å². The Hall–Kier alpha value is -8.74. The topological polar surface area (TPSA) is 522 Å². The summed E-state index contributed by atoms with van der Waals surface area (Å²) in [5.74, 6) is -18.8. The summed E-state index contributed by atoms with van der Waals surface area (Å²) in [5.41, 5.74) is 17.8. The van der Waals surface area contributed by atoms with Crippen molar-refractivity contribution in [3.8, 4) is 0 Å². The van der Waals surface area contributed by atoms with Crippen LogP contribution < -0.4 is 65.1 Å². The first-order valence-corrected chi connectivity index (χ1v) is 27.2. The van der Waals surface area contributed by atoms with Crippen LogP contribution in [-0.2, 0) is 73.5 Å². The number of para-hydroxylation sites is 1. The molecule has 10 amide bonds. The van der Waals surface area contributed by atoms with Crippen LogP contribution in [0.2, 0.25) is 0 Å². The number of carbonyl (C=O) groups excluding carboxylic acids is 10. The maximum atomic E-state index is 14.1. The minimum absolute atomic E-state index is 0.197. The van der Waals surface area contributed by atoms with Crippen molar-refractivity contribution >= 4 is 93.9 Å². The second-order valence-corrected chi connectivity index (χ2v) is 21.0. The third-order valence-electron chi connectivity index (χ3n) is 13.4. The predicted octanol–water partition coefficient (Wildman–Crippen LogP) is -3.32. The van der Waals surface area contributed by atoms with E-state index in [-0.39, 0.29) is 19.3 Å². The van der Waals surface area contributed by atoms with E-state index in [0.717, 1.165) is 0 Å². The largest absolute Gasteiger partial charge is 0.481 e. The number of aliphatic carboxylic acids is 4. The number of carboxylic acids is 4. The molecule has 84 heavy (non-hydrogen) atoms. The van der Waals surface area contributed by atoms with Gasteiger partial charge in [-0.3, -0.25) is 62.3 Å². The van der Waals surface area contributed by atoms with E-state index in [1.807, 2.05) is 0 Å². The van der Waals surface area contributed by atoms with E-state index in [1.165, 1.54) is 40.8 Å². The van der Waals surface area contributed by atoms with Gasteiger partial charge in [0.1, 0.15) is 54.4 Å². The van der Waals surface area contributed by atoms with Crippen LogP contribution in [0, 0.1) is 17.8 Å². The van der Waals surface area contributed by atoms with Crippen molar-refractivity contribution in [1.82, 2.24) is 52.8 Å². The molecule has 0 aliphatic carbocycles. The van der Waals surface area contributed by atoms with E-state index in [9.17, 15) is 87.5 Å². The SMILES string of the molecule is CC[C@H](C)[C@H](NC(=O)[C@H](C)NC(=O)[C@@H](NC(=O)[C@H](CC(=O)O)NC(=O)[C@@H](N)CCCCN)C(C)C)C(=O)N[C@@H](CCC(N)=O)C(=O)N[C@H](C(=O)N[C@@H](CC(=O)O)C(=O)N[C@@H](Cc1c[nH]c2ccccc12)C(=O)N[C@@H](CC(=O)O)C(=O)O)C(C)C. The first-order valence-electron chi connectivity index (χ1n) is 27.2. The Morgan fingerprint density at radius 2 is 0.952 bits per heavy atom. The number of hydrogen-bond acceptors (Lipinski definition) is 16. The zero-order chi connectivity index (χ0) is 63.7. The summed E-state index contributed by atoms with van der Waals surface area (Å²) in [6, 6.07) is -9.16. The van der Waals surface area contributed by atoms with Gasteiger partial charge in [0, 0.05) is 29.9 Å². The zero-order valence-corrected chi connectivity index (χ0v) is 47.9. The summed E-state index contributed by atoms with van der Waals surface area (Å²) in [7, 11) is 0. The van der Waals surface area contributed by atoms with Gasteiger partial charge < -0.3 is 90.5 Å². The normalized spacial score (nSPS) is 15.1. The molecule has 2 aromatic rings. The zero-order valence-electron chi connectivity index (χ0n) is 47.9. The first-order chi connectivity index (χ1) is 39.3. The van der Waals surface area contributed by atoms with E-state index in [1.54, 1.807) is 38.1 Å². The highest BCUT2D eigenvalue weighted by Crippen LogP contribution is 2.20. The van der Waals surface area contributed by atoms with Crippen LogP contribution in [0.15, 0.2) is 30.5 Å². The number of primary amides is 1. The molecule has 0 saturated heterocycles. The fourth-order valence-corrected chi connectivity index (χ4v) is 8.34. The molecule has 31 heteroatoms. The Morgan fingerprint density at radius 3 is 1.46 bits per heavy atom. The third kappa shape index (κ3) is 23.6. The summed E-state index contributed by atoms with van der Waals surface area (Å²) in [4.78, 5) is 186. The smallest absolute Gasteiger partial charge is 0.326 e. The minimum atomic E-state index is -1.98. The molecule has 0 aliphatic rings. The molecule has 1 heterocycles. The number of fused-ring (bicyclic) bond motifs is 1. The summed E-state index contributed by atoms with van der Waals surface area (Å²) in [5, 5.41) is 60.1. The van der Waals surface area contributed by atoms with Gasteiger partial charge in [0.25, 0.3) is 0 Å². The fourth-order valence-electron chi connectivity index (χ4n) is 8.34. The lowest BCUT2D eigenvalue weighted by molar-refractivity contribution is -0.147. The molecule has 0 radical (unpaired) electrons. The van der Waals surface area contributed by atoms with Gasteiger partial charge in [-0.2, -0.15) is 0 Å². The minimum Gasteiger partial charge on any atom is -0.481 e. The van der Waals surface area contributed by atoms with E-state index in [4.69, 9.17) is 17.2 Å². The van der Waals surface area contributed by atoms with E-state index < -0.39 is 193 Å². The quantitative estimate of drug-likeness (QED) is 0.0293. The average molecular weight is 1190 g/mol. The van der Waals surface area contributed by atoms with Crippen LogP contribution in [0.5, 0.6) is 0 Å². The molecule has 2 rings (SSSR count). The lowest BCUT2D eigenvalue weighted by atomic mass is 9.96. The number of H-pyrrole nitrogens is 1. The second kappa shape index (κ2) is 34.6. The van der Waals surface area contributed by atoms with Crippen molar-refractivity contribution in [1.29, 1.82) is 0 Å². The van der Waals surface area contributed by atoms with Gasteiger partial charge in [-0.1, -0.05) is 72.6 Å². The Bertz CT molecular complexity index is 2700. The Labute approximate surface area is 483 Å². The van der Waals surface area contributed by atoms with Crippen molar-refractivity contribution in [3.63, 3.8) is 0 Å². The number of aromatic amines is 1. The summed E-state index contributed by atoms with van der Waals surface area (Å²) in [6.07, 6.45) is -1.36. The molecule has 466 valence electrons. The lowest BCUT2D eigenvalue weighted by Gasteiger charge is -2.30. The molecule has 20 N–H and O–H groups in total. The molecule has 1 aromatic carbocycles. The number of rotatable bonds is 38. The van der Waals surface area contributed by atoms with Crippen molar-refractivity contribution in [2.45, 2.75) is 173 Å². The Morgan fingerprint density at radius 1 is 0.512 bits per heavy atom. The second-order valence-electron chi connectivity index (χ2n) is 21.0. The maximum absolute atomic E-state index is 14.1. The van der Waals surface area contributed by atoms with Crippen LogP contribution in [0.3, 0.4) is 0 Å². The van der Waals surface area contributed by atoms with Gasteiger partial charge in [0.15, 0.2) is 0 Å². The average Bonchev–Trinajstić information content (AvgIpc) is 4.09. The van der Waals surface area contributed by atoms with E-state index in [2.05, 4.69) is 52.8 Å². The number of amides is 10. The fraction of sp³-hybridized carbons (Fsp3) is 0.585. The van der Waals surface area contributed by atoms with E-state index >= 15 is 0 Å². The summed E-state index contributed by atoms with van der Waals surface area (Å²) >= 11 is 0. The molecule has 1 aromatic heterocycles. The van der Waals surface area contributed by atoms with Crippen molar-refractivity contribution in [2.24, 2.45) is 35.0 Å². The molecule has 0 fully saturated rings. The third-order valence-corrected chi connectivity index (χ3v) is 13.4. The number of carboxylic acid groups (broad SMARTS) is 4. The van der Waals surface area contributed by atoms with Crippen LogP contribution in [0.1, 0.15) is 112 Å².